The zero-order chi connectivity index (χ0) is 25.9. The Morgan fingerprint density at radius 3 is 2.46 bits per heavy atom. The Balaban J connectivity index is 1.57. The molecule has 1 aliphatic rings. The van der Waals surface area contributed by atoms with Crippen molar-refractivity contribution >= 4 is 17.6 Å². The number of hydrogen-bond donors (Lipinski definition) is 1. The van der Waals surface area contributed by atoms with Crippen molar-refractivity contribution in [3.63, 3.8) is 0 Å². The maximum absolute atomic E-state index is 13.3. The molecule has 6 nitrogen and oxygen atoms in total. The summed E-state index contributed by atoms with van der Waals surface area (Å²) in [7, 11) is 0. The molecule has 4 aromatic rings. The number of nitrogens with zero attached hydrogens (tertiary/aromatic N) is 2. The number of imidazole rings is 1. The highest BCUT2D eigenvalue weighted by Gasteiger charge is 2.28. The highest BCUT2D eigenvalue weighted by atomic mass is 16.5. The van der Waals surface area contributed by atoms with E-state index in [1.54, 1.807) is 18.2 Å². The van der Waals surface area contributed by atoms with Gasteiger partial charge in [-0.2, -0.15) is 0 Å². The molecule has 0 aliphatic heterocycles. The molecule has 1 N–H and O–H groups in total. The number of carbonyl (C=O) groups is 2. The van der Waals surface area contributed by atoms with Crippen molar-refractivity contribution in [3.05, 3.63) is 94.9 Å². The minimum Gasteiger partial charge on any atom is -0.478 e. The lowest BCUT2D eigenvalue weighted by atomic mass is 9.89. The van der Waals surface area contributed by atoms with Crippen LogP contribution in [0, 0.1) is 12.8 Å². The van der Waals surface area contributed by atoms with Crippen molar-refractivity contribution in [1.29, 1.82) is 0 Å². The summed E-state index contributed by atoms with van der Waals surface area (Å²) in [6.07, 6.45) is 7.23. The minimum absolute atomic E-state index is 0.0760. The van der Waals surface area contributed by atoms with Gasteiger partial charge in [-0.25, -0.2) is 9.78 Å². The lowest BCUT2D eigenvalue weighted by Gasteiger charge is -2.25. The molecule has 1 atom stereocenters. The Morgan fingerprint density at radius 1 is 1.03 bits per heavy atom. The number of aromatic carboxylic acids is 1. The van der Waals surface area contributed by atoms with Crippen LogP contribution in [0.1, 0.15) is 78.0 Å². The standard InChI is InChI=1S/C31H32N2O4/c1-3-24-19-33-27(18-13-20(2)29(33)32-24)28(37-31(36)23-9-5-4-6-10-23)22-16-14-21(15-17-22)25-11-7-8-12-26(25)30(34)35/h7-8,11-19,23,28H,3-6,9-10H2,1-2H3,(H,34,35)/t28-/m1/s1. The lowest BCUT2D eigenvalue weighted by Crippen LogP contribution is -2.24. The number of carbonyl (C=O) groups excluding carboxylic acids is 1. The molecule has 0 radical (unpaired) electrons. The lowest BCUT2D eigenvalue weighted by molar-refractivity contribution is -0.153. The molecular weight excluding hydrogens is 464 g/mol. The number of aromatic nitrogens is 2. The van der Waals surface area contributed by atoms with Crippen molar-refractivity contribution in [2.75, 3.05) is 0 Å². The fraction of sp³-hybridized carbons (Fsp3) is 0.323. The van der Waals surface area contributed by atoms with Gasteiger partial charge in [0.2, 0.25) is 0 Å². The van der Waals surface area contributed by atoms with Gasteiger partial charge < -0.3 is 9.84 Å². The Hall–Kier alpha value is -3.93. The molecule has 0 saturated heterocycles. The normalized spacial score (nSPS) is 15.0. The Kier molecular flexibility index (Phi) is 7.08. The molecule has 0 unspecified atom stereocenters. The van der Waals surface area contributed by atoms with E-state index in [1.165, 1.54) is 6.42 Å². The van der Waals surface area contributed by atoms with Gasteiger partial charge in [0.1, 0.15) is 5.65 Å². The summed E-state index contributed by atoms with van der Waals surface area (Å²) in [6.45, 7) is 4.11. The van der Waals surface area contributed by atoms with E-state index in [4.69, 9.17) is 9.72 Å². The number of carboxylic acids is 1. The van der Waals surface area contributed by atoms with Crippen molar-refractivity contribution in [1.82, 2.24) is 9.38 Å². The zero-order valence-corrected chi connectivity index (χ0v) is 21.3. The highest BCUT2D eigenvalue weighted by Crippen LogP contribution is 2.34. The number of ether oxygens (including phenoxy) is 1. The topological polar surface area (TPSA) is 80.9 Å². The number of rotatable bonds is 7. The van der Waals surface area contributed by atoms with Crippen LogP contribution in [0.15, 0.2) is 66.9 Å². The molecule has 0 spiro atoms. The predicted molar refractivity (Wildman–Crippen MR) is 143 cm³/mol. The number of carboxylic acid groups (broad SMARTS) is 1. The van der Waals surface area contributed by atoms with Gasteiger partial charge in [-0.3, -0.25) is 9.20 Å². The minimum atomic E-state index is -0.965. The molecule has 190 valence electrons. The van der Waals surface area contributed by atoms with E-state index in [2.05, 4.69) is 6.92 Å². The van der Waals surface area contributed by atoms with E-state index in [-0.39, 0.29) is 17.5 Å². The van der Waals surface area contributed by atoms with Gasteiger partial charge in [0, 0.05) is 6.20 Å². The quantitative estimate of drug-likeness (QED) is 0.285. The average molecular weight is 497 g/mol. The summed E-state index contributed by atoms with van der Waals surface area (Å²) >= 11 is 0. The number of hydrogen-bond acceptors (Lipinski definition) is 4. The molecule has 6 heteroatoms. The van der Waals surface area contributed by atoms with Crippen LogP contribution in [0.25, 0.3) is 16.8 Å². The highest BCUT2D eigenvalue weighted by molar-refractivity contribution is 5.96. The van der Waals surface area contributed by atoms with Crippen LogP contribution in [0.3, 0.4) is 0 Å². The molecule has 2 aromatic carbocycles. The fourth-order valence-corrected chi connectivity index (χ4v) is 5.26. The summed E-state index contributed by atoms with van der Waals surface area (Å²) < 4.78 is 8.32. The third kappa shape index (κ3) is 5.01. The Bertz CT molecular complexity index is 1430. The van der Waals surface area contributed by atoms with Crippen molar-refractivity contribution in [3.8, 4) is 11.1 Å². The largest absolute Gasteiger partial charge is 0.478 e. The molecule has 37 heavy (non-hydrogen) atoms. The molecule has 1 aliphatic carbocycles. The number of benzene rings is 2. The Labute approximate surface area is 216 Å². The second-order valence-electron chi connectivity index (χ2n) is 9.85. The molecule has 2 heterocycles. The van der Waals surface area contributed by atoms with Crippen molar-refractivity contribution in [2.24, 2.45) is 5.92 Å². The van der Waals surface area contributed by atoms with E-state index in [0.717, 1.165) is 65.8 Å². The van der Waals surface area contributed by atoms with Gasteiger partial charge in [0.25, 0.3) is 0 Å². The monoisotopic (exact) mass is 496 g/mol. The van der Waals surface area contributed by atoms with Gasteiger partial charge in [0.15, 0.2) is 6.10 Å². The molecular formula is C31H32N2O4. The Morgan fingerprint density at radius 2 is 1.76 bits per heavy atom. The first-order chi connectivity index (χ1) is 18.0. The summed E-state index contributed by atoms with van der Waals surface area (Å²) in [4.78, 5) is 29.8. The van der Waals surface area contributed by atoms with E-state index in [0.29, 0.717) is 5.56 Å². The van der Waals surface area contributed by atoms with Gasteiger partial charge in [-0.1, -0.05) is 74.7 Å². The maximum Gasteiger partial charge on any atom is 0.336 e. The first kappa shape index (κ1) is 24.8. The van der Waals surface area contributed by atoms with E-state index < -0.39 is 12.1 Å². The molecule has 0 bridgehead atoms. The molecule has 0 amide bonds. The predicted octanol–water partition coefficient (Wildman–Crippen LogP) is 6.78. The van der Waals surface area contributed by atoms with Crippen LogP contribution < -0.4 is 0 Å². The van der Waals surface area contributed by atoms with Crippen LogP contribution >= 0.6 is 0 Å². The number of fused-ring (bicyclic) bond motifs is 1. The van der Waals surface area contributed by atoms with Crippen LogP contribution in [-0.4, -0.2) is 26.4 Å². The van der Waals surface area contributed by atoms with Crippen LogP contribution in [-0.2, 0) is 16.0 Å². The van der Waals surface area contributed by atoms with Crippen LogP contribution in [0.5, 0.6) is 0 Å². The molecule has 5 rings (SSSR count). The number of aryl methyl sites for hydroxylation is 2. The van der Waals surface area contributed by atoms with Crippen LogP contribution in [0.2, 0.25) is 0 Å². The van der Waals surface area contributed by atoms with Gasteiger partial charge >= 0.3 is 11.9 Å². The molecule has 1 fully saturated rings. The first-order valence-electron chi connectivity index (χ1n) is 13.1. The summed E-state index contributed by atoms with van der Waals surface area (Å²) in [5, 5.41) is 9.62. The third-order valence-electron chi connectivity index (χ3n) is 7.38. The van der Waals surface area contributed by atoms with Crippen molar-refractivity contribution < 1.29 is 19.4 Å². The van der Waals surface area contributed by atoms with E-state index in [9.17, 15) is 14.7 Å². The fourth-order valence-electron chi connectivity index (χ4n) is 5.26. The third-order valence-corrected chi connectivity index (χ3v) is 7.38. The summed E-state index contributed by atoms with van der Waals surface area (Å²) in [5.74, 6) is -1.20. The second-order valence-corrected chi connectivity index (χ2v) is 9.85. The van der Waals surface area contributed by atoms with E-state index >= 15 is 0 Å². The van der Waals surface area contributed by atoms with Crippen molar-refractivity contribution in [2.45, 2.75) is 58.5 Å². The van der Waals surface area contributed by atoms with E-state index in [1.807, 2.05) is 60.0 Å². The second kappa shape index (κ2) is 10.6. The smallest absolute Gasteiger partial charge is 0.336 e. The number of pyridine rings is 1. The zero-order valence-electron chi connectivity index (χ0n) is 21.3. The SMILES string of the molecule is CCc1cn2c([C@H](OC(=O)C3CCCCC3)c3ccc(-c4ccccc4C(=O)O)cc3)ccc(C)c2n1. The maximum atomic E-state index is 13.3. The summed E-state index contributed by atoms with van der Waals surface area (Å²) in [5.41, 5.74) is 6.27. The summed E-state index contributed by atoms with van der Waals surface area (Å²) in [6, 6.07) is 18.6. The van der Waals surface area contributed by atoms with Gasteiger partial charge in [-0.05, 0) is 60.6 Å². The van der Waals surface area contributed by atoms with Gasteiger partial charge in [-0.15, -0.1) is 0 Å². The van der Waals surface area contributed by atoms with Crippen LogP contribution in [0.4, 0.5) is 0 Å². The first-order valence-corrected chi connectivity index (χ1v) is 13.1. The average Bonchev–Trinajstić information content (AvgIpc) is 3.38. The number of esters is 1. The molecule has 1 saturated carbocycles. The molecule has 2 aromatic heterocycles. The van der Waals surface area contributed by atoms with Gasteiger partial charge in [0.05, 0.1) is 22.9 Å².